The fourth-order valence-corrected chi connectivity index (χ4v) is 3.70. The first-order valence-electron chi connectivity index (χ1n) is 7.67. The molecule has 0 aliphatic heterocycles. The lowest BCUT2D eigenvalue weighted by Gasteiger charge is -2.58. The average molecular weight is 337 g/mol. The van der Waals surface area contributed by atoms with E-state index in [2.05, 4.69) is 5.32 Å². The SMILES string of the molecule is CCOC1CC(NC(=O)CSc2ccccc2)(C(=O)O)C1(C)C. The van der Waals surface area contributed by atoms with Gasteiger partial charge >= 0.3 is 5.97 Å². The van der Waals surface area contributed by atoms with Crippen LogP contribution in [-0.2, 0) is 14.3 Å². The number of ether oxygens (including phenoxy) is 1. The summed E-state index contributed by atoms with van der Waals surface area (Å²) < 4.78 is 5.59. The number of rotatable bonds is 7. The second kappa shape index (κ2) is 6.93. The zero-order valence-corrected chi connectivity index (χ0v) is 14.5. The van der Waals surface area contributed by atoms with Crippen molar-refractivity contribution in [2.45, 2.75) is 43.7 Å². The lowest BCUT2D eigenvalue weighted by Crippen LogP contribution is -2.76. The Hall–Kier alpha value is -1.53. The maximum Gasteiger partial charge on any atom is 0.330 e. The van der Waals surface area contributed by atoms with Gasteiger partial charge in [0, 0.05) is 23.3 Å². The summed E-state index contributed by atoms with van der Waals surface area (Å²) in [5, 5.41) is 12.4. The van der Waals surface area contributed by atoms with Gasteiger partial charge in [0.15, 0.2) is 0 Å². The molecule has 1 aliphatic rings. The fourth-order valence-electron chi connectivity index (χ4n) is 2.98. The summed E-state index contributed by atoms with van der Waals surface area (Å²) in [6, 6.07) is 9.56. The van der Waals surface area contributed by atoms with Crippen LogP contribution in [0.3, 0.4) is 0 Å². The minimum absolute atomic E-state index is 0.161. The molecule has 2 atom stereocenters. The molecule has 0 bridgehead atoms. The highest BCUT2D eigenvalue weighted by atomic mass is 32.2. The molecule has 2 N–H and O–H groups in total. The Balaban J connectivity index is 2.00. The largest absolute Gasteiger partial charge is 0.479 e. The van der Waals surface area contributed by atoms with Gasteiger partial charge in [0.1, 0.15) is 5.54 Å². The first-order chi connectivity index (χ1) is 10.8. The number of amides is 1. The van der Waals surface area contributed by atoms with Gasteiger partial charge in [0.25, 0.3) is 0 Å². The van der Waals surface area contributed by atoms with Crippen molar-refractivity contribution in [3.05, 3.63) is 30.3 Å². The third-order valence-electron chi connectivity index (χ3n) is 4.60. The summed E-state index contributed by atoms with van der Waals surface area (Å²) in [6.45, 7) is 6.07. The average Bonchev–Trinajstić information content (AvgIpc) is 2.52. The number of aliphatic carboxylic acids is 1. The highest BCUT2D eigenvalue weighted by molar-refractivity contribution is 8.00. The molecule has 0 saturated heterocycles. The standard InChI is InChI=1S/C17H23NO4S/c1-4-22-13-10-17(15(20)21,16(13,2)3)18-14(19)11-23-12-8-6-5-7-9-12/h5-9,13H,4,10-11H2,1-3H3,(H,18,19)(H,20,21). The van der Waals surface area contributed by atoms with Crippen LogP contribution in [0.1, 0.15) is 27.2 Å². The van der Waals surface area contributed by atoms with Gasteiger partial charge in [-0.1, -0.05) is 32.0 Å². The van der Waals surface area contributed by atoms with Crippen LogP contribution in [0.2, 0.25) is 0 Å². The summed E-state index contributed by atoms with van der Waals surface area (Å²) in [6.07, 6.45) is 0.135. The third kappa shape index (κ3) is 3.38. The molecule has 6 heteroatoms. The number of hydrogen-bond donors (Lipinski definition) is 2. The summed E-state index contributed by atoms with van der Waals surface area (Å²) in [5.74, 6) is -1.09. The second-order valence-corrected chi connectivity index (χ2v) is 7.28. The van der Waals surface area contributed by atoms with E-state index >= 15 is 0 Å². The Morgan fingerprint density at radius 1 is 1.35 bits per heavy atom. The molecule has 126 valence electrons. The molecule has 2 unspecified atom stereocenters. The minimum Gasteiger partial charge on any atom is -0.479 e. The van der Waals surface area contributed by atoms with E-state index in [0.717, 1.165) is 4.90 Å². The van der Waals surface area contributed by atoms with Crippen molar-refractivity contribution in [2.24, 2.45) is 5.41 Å². The van der Waals surface area contributed by atoms with Crippen LogP contribution in [0.5, 0.6) is 0 Å². The summed E-state index contributed by atoms with van der Waals surface area (Å²) in [5.41, 5.74) is -1.91. The smallest absolute Gasteiger partial charge is 0.330 e. The predicted octanol–water partition coefficient (Wildman–Crippen LogP) is 2.55. The predicted molar refractivity (Wildman–Crippen MR) is 89.5 cm³/mol. The van der Waals surface area contributed by atoms with Gasteiger partial charge < -0.3 is 15.2 Å². The summed E-state index contributed by atoms with van der Waals surface area (Å²) in [7, 11) is 0. The molecule has 0 radical (unpaired) electrons. The number of carboxylic acids is 1. The van der Waals surface area contributed by atoms with Crippen LogP contribution >= 0.6 is 11.8 Å². The number of nitrogens with one attached hydrogen (secondary N) is 1. The Bertz CT molecular complexity index is 575. The Kier molecular flexibility index (Phi) is 5.37. The molecule has 1 aliphatic carbocycles. The number of benzene rings is 1. The number of carbonyl (C=O) groups is 2. The van der Waals surface area contributed by atoms with Gasteiger partial charge in [-0.3, -0.25) is 4.79 Å². The van der Waals surface area contributed by atoms with Gasteiger partial charge in [-0.05, 0) is 19.1 Å². The molecular formula is C17H23NO4S. The van der Waals surface area contributed by atoms with Crippen LogP contribution in [0.25, 0.3) is 0 Å². The van der Waals surface area contributed by atoms with Crippen molar-refractivity contribution in [3.63, 3.8) is 0 Å². The Morgan fingerprint density at radius 3 is 2.52 bits per heavy atom. The van der Waals surface area contributed by atoms with Gasteiger partial charge in [0.05, 0.1) is 11.9 Å². The fraction of sp³-hybridized carbons (Fsp3) is 0.529. The van der Waals surface area contributed by atoms with Gasteiger partial charge in [0.2, 0.25) is 5.91 Å². The maximum absolute atomic E-state index is 12.2. The molecule has 5 nitrogen and oxygen atoms in total. The van der Waals surface area contributed by atoms with Gasteiger partial charge in [-0.2, -0.15) is 0 Å². The first kappa shape index (κ1) is 17.8. The van der Waals surface area contributed by atoms with Crippen LogP contribution in [0.15, 0.2) is 35.2 Å². The van der Waals surface area contributed by atoms with E-state index in [1.807, 2.05) is 51.1 Å². The van der Waals surface area contributed by atoms with E-state index in [9.17, 15) is 14.7 Å². The van der Waals surface area contributed by atoms with Crippen molar-refractivity contribution >= 4 is 23.6 Å². The maximum atomic E-state index is 12.2. The quantitative estimate of drug-likeness (QED) is 0.748. The zero-order chi connectivity index (χ0) is 17.1. The highest BCUT2D eigenvalue weighted by Crippen LogP contribution is 2.51. The Morgan fingerprint density at radius 2 is 2.00 bits per heavy atom. The van der Waals surface area contributed by atoms with E-state index in [1.54, 1.807) is 0 Å². The molecule has 0 heterocycles. The normalized spacial score (nSPS) is 25.4. The van der Waals surface area contributed by atoms with E-state index in [-0.39, 0.29) is 17.8 Å². The summed E-state index contributed by atoms with van der Waals surface area (Å²) >= 11 is 1.39. The van der Waals surface area contributed by atoms with Crippen molar-refractivity contribution in [1.82, 2.24) is 5.32 Å². The molecule has 1 saturated carbocycles. The Labute approximate surface area is 140 Å². The highest BCUT2D eigenvalue weighted by Gasteiger charge is 2.66. The number of carboxylic acid groups (broad SMARTS) is 1. The van der Waals surface area contributed by atoms with E-state index in [0.29, 0.717) is 13.0 Å². The van der Waals surface area contributed by atoms with Crippen LogP contribution in [0, 0.1) is 5.41 Å². The van der Waals surface area contributed by atoms with Gasteiger partial charge in [-0.25, -0.2) is 4.79 Å². The van der Waals surface area contributed by atoms with Crippen molar-refractivity contribution in [1.29, 1.82) is 0 Å². The van der Waals surface area contributed by atoms with E-state index < -0.39 is 16.9 Å². The lowest BCUT2D eigenvalue weighted by atomic mass is 9.54. The number of carbonyl (C=O) groups excluding carboxylic acids is 1. The van der Waals surface area contributed by atoms with Crippen LogP contribution in [-0.4, -0.2) is 41.0 Å². The second-order valence-electron chi connectivity index (χ2n) is 6.23. The molecule has 0 aromatic heterocycles. The molecule has 1 aromatic carbocycles. The summed E-state index contributed by atoms with van der Waals surface area (Å²) in [4.78, 5) is 25.0. The molecule has 1 aromatic rings. The minimum atomic E-state index is -1.26. The molecular weight excluding hydrogens is 314 g/mol. The van der Waals surface area contributed by atoms with Gasteiger partial charge in [-0.15, -0.1) is 11.8 Å². The van der Waals surface area contributed by atoms with Crippen LogP contribution in [0.4, 0.5) is 0 Å². The molecule has 0 spiro atoms. The molecule has 1 amide bonds. The topological polar surface area (TPSA) is 75.6 Å². The number of hydrogen-bond acceptors (Lipinski definition) is 4. The van der Waals surface area contributed by atoms with Crippen molar-refractivity contribution < 1.29 is 19.4 Å². The van der Waals surface area contributed by atoms with E-state index in [4.69, 9.17) is 4.74 Å². The third-order valence-corrected chi connectivity index (χ3v) is 5.61. The molecule has 23 heavy (non-hydrogen) atoms. The van der Waals surface area contributed by atoms with Crippen molar-refractivity contribution in [3.8, 4) is 0 Å². The monoisotopic (exact) mass is 337 g/mol. The first-order valence-corrected chi connectivity index (χ1v) is 8.66. The zero-order valence-electron chi connectivity index (χ0n) is 13.7. The van der Waals surface area contributed by atoms with E-state index in [1.165, 1.54) is 11.8 Å². The lowest BCUT2D eigenvalue weighted by molar-refractivity contribution is -0.194. The molecule has 2 rings (SSSR count). The van der Waals surface area contributed by atoms with Crippen molar-refractivity contribution in [2.75, 3.05) is 12.4 Å². The van der Waals surface area contributed by atoms with Crippen LogP contribution < -0.4 is 5.32 Å². The number of thioether (sulfide) groups is 1. The molecule has 1 fully saturated rings.